The fraction of sp³-hybridized carbons (Fsp3) is 0. The Kier molecular flexibility index (Phi) is 0.751. The lowest BCUT2D eigenvalue weighted by Gasteiger charge is -1.69. The summed E-state index contributed by atoms with van der Waals surface area (Å²) in [5, 5.41) is 1.81. The maximum atomic E-state index is 2.72. The van der Waals surface area contributed by atoms with Crippen LogP contribution in [0.2, 0.25) is 0 Å². The van der Waals surface area contributed by atoms with Gasteiger partial charge in [0, 0.05) is 11.9 Å². The van der Waals surface area contributed by atoms with Gasteiger partial charge in [0.2, 0.25) is 0 Å². The molecule has 0 fully saturated rings. The first kappa shape index (κ1) is 2.97. The van der Waals surface area contributed by atoms with E-state index in [4.69, 9.17) is 0 Å². The summed E-state index contributed by atoms with van der Waals surface area (Å²) >= 11 is 1.48. The number of hydrazine groups is 1. The average Bonchev–Trinajstić information content (AvgIpc) is 1.76. The van der Waals surface area contributed by atoms with E-state index in [1.807, 2.05) is 0 Å². The smallest absolute Gasteiger partial charge is 0.129 e. The molecule has 0 radical (unpaired) electrons. The molecule has 0 aliphatic carbocycles. The van der Waals surface area contributed by atoms with E-state index in [2.05, 4.69) is 16.5 Å². The van der Waals surface area contributed by atoms with Crippen molar-refractivity contribution < 1.29 is 0 Å². The summed E-state index contributed by atoms with van der Waals surface area (Å²) in [5.74, 6) is 0. The van der Waals surface area contributed by atoms with Crippen LogP contribution in [-0.4, -0.2) is 0 Å². The molecule has 0 unspecified atom stereocenters. The topological polar surface area (TPSA) is 24.1 Å². The Balaban J connectivity index is 2.32. The van der Waals surface area contributed by atoms with Gasteiger partial charge in [0.1, 0.15) is 0 Å². The van der Waals surface area contributed by atoms with Crippen molar-refractivity contribution in [3.8, 4) is 0 Å². The van der Waals surface area contributed by atoms with Crippen LogP contribution in [0.1, 0.15) is 0 Å². The molecule has 0 bridgehead atoms. The van der Waals surface area contributed by atoms with E-state index >= 15 is 0 Å². The van der Waals surface area contributed by atoms with E-state index in [1.54, 1.807) is 5.41 Å². The molecule has 3 heteroatoms. The Labute approximate surface area is 34.7 Å². The minimum absolute atomic E-state index is 1.48. The molecule has 2 N–H and O–H groups in total. The van der Waals surface area contributed by atoms with Gasteiger partial charge in [0.05, 0.1) is 0 Å². The van der Waals surface area contributed by atoms with Gasteiger partial charge in [-0.1, -0.05) is 0 Å². The van der Waals surface area contributed by atoms with Crippen LogP contribution < -0.4 is 10.3 Å². The molecule has 26 valence electrons. The summed E-state index contributed by atoms with van der Waals surface area (Å²) in [7, 11) is 0. The van der Waals surface area contributed by atoms with Gasteiger partial charge in [-0.05, 0) is 0 Å². The molecule has 1 aliphatic rings. The monoisotopic (exact) mass is 87.0 g/mol. The fourth-order valence-electron chi connectivity index (χ4n) is 0.147. The van der Waals surface area contributed by atoms with Crippen LogP contribution >= 0.6 is 11.9 Å². The molecular formula is C2H3N2S+. The van der Waals surface area contributed by atoms with Gasteiger partial charge in [-0.15, -0.1) is 10.3 Å². The molecule has 1 aliphatic heterocycles. The lowest BCUT2D eigenvalue weighted by molar-refractivity contribution is 0.872. The van der Waals surface area contributed by atoms with Gasteiger partial charge in [-0.3, -0.25) is 0 Å². The van der Waals surface area contributed by atoms with E-state index < -0.39 is 0 Å². The molecule has 0 aromatic rings. The van der Waals surface area contributed by atoms with Gasteiger partial charge in [0.15, 0.2) is 0 Å². The van der Waals surface area contributed by atoms with Crippen LogP contribution in [0.3, 0.4) is 0 Å². The molecule has 2 nitrogen and oxygen atoms in total. The summed E-state index contributed by atoms with van der Waals surface area (Å²) < 4.78 is 0. The highest BCUT2D eigenvalue weighted by atomic mass is 32.2. The van der Waals surface area contributed by atoms with Gasteiger partial charge in [-0.25, -0.2) is 0 Å². The Hall–Kier alpha value is -0.240. The Morgan fingerprint density at radius 2 is 2.80 bits per heavy atom. The van der Waals surface area contributed by atoms with Crippen LogP contribution in [0.15, 0.2) is 5.41 Å². The third-order valence-electron chi connectivity index (χ3n) is 0.300. The Bertz CT molecular complexity index is 45.6. The highest BCUT2D eigenvalue weighted by Gasteiger charge is 1.98. The minimum atomic E-state index is 1.48. The third kappa shape index (κ3) is 0.514. The number of nitrogens with one attached hydrogen (secondary N) is 2. The van der Waals surface area contributed by atoms with Crippen molar-refractivity contribution >= 4 is 11.9 Å². The molecule has 0 atom stereocenters. The van der Waals surface area contributed by atoms with E-state index in [9.17, 15) is 0 Å². The highest BCUT2D eigenvalue weighted by Crippen LogP contribution is 1.94. The third-order valence-corrected chi connectivity index (χ3v) is 0.756. The first-order valence-corrected chi connectivity index (χ1v) is 2.11. The van der Waals surface area contributed by atoms with Gasteiger partial charge in [0.25, 0.3) is 5.41 Å². The lowest BCUT2D eigenvalue weighted by Crippen LogP contribution is -2.12. The molecule has 0 saturated carbocycles. The van der Waals surface area contributed by atoms with E-state index in [1.165, 1.54) is 11.9 Å². The van der Waals surface area contributed by atoms with Crippen molar-refractivity contribution in [2.75, 3.05) is 0 Å². The van der Waals surface area contributed by atoms with Crippen molar-refractivity contribution in [2.24, 2.45) is 0 Å². The molecule has 0 aromatic heterocycles. The van der Waals surface area contributed by atoms with Crippen molar-refractivity contribution in [3.63, 3.8) is 0 Å². The predicted molar refractivity (Wildman–Crippen MR) is 21.7 cm³/mol. The van der Waals surface area contributed by atoms with E-state index in [0.29, 0.717) is 0 Å². The van der Waals surface area contributed by atoms with Crippen LogP contribution in [0.25, 0.3) is 0 Å². The molecule has 5 heavy (non-hydrogen) atoms. The van der Waals surface area contributed by atoms with Crippen molar-refractivity contribution in [3.05, 3.63) is 11.6 Å². The molecule has 0 aromatic carbocycles. The lowest BCUT2D eigenvalue weighted by atomic mass is 11.1. The average molecular weight is 87.1 g/mol. The van der Waals surface area contributed by atoms with Crippen LogP contribution in [0, 0.1) is 6.20 Å². The van der Waals surface area contributed by atoms with Crippen molar-refractivity contribution in [1.29, 1.82) is 0 Å². The van der Waals surface area contributed by atoms with Gasteiger partial charge >= 0.3 is 6.20 Å². The fourth-order valence-corrected chi connectivity index (χ4v) is 0.442. The Morgan fingerprint density at radius 3 is 3.00 bits per heavy atom. The minimum Gasteiger partial charge on any atom is -0.129 e. The van der Waals surface area contributed by atoms with Crippen molar-refractivity contribution in [2.45, 2.75) is 0 Å². The molecule has 1 rings (SSSR count). The maximum absolute atomic E-state index is 2.72. The first-order valence-electron chi connectivity index (χ1n) is 1.23. The molecule has 0 saturated heterocycles. The molecule has 1 heterocycles. The predicted octanol–water partition coefficient (Wildman–Crippen LogP) is 0.0168. The summed E-state index contributed by atoms with van der Waals surface area (Å²) in [4.78, 5) is 2.72. The normalized spacial score (nSPS) is 17.6. The molecule has 0 spiro atoms. The van der Waals surface area contributed by atoms with Crippen molar-refractivity contribution in [1.82, 2.24) is 10.3 Å². The quantitative estimate of drug-likeness (QED) is 0.321. The van der Waals surface area contributed by atoms with Gasteiger partial charge in [-0.2, -0.15) is 0 Å². The number of hydrogen-bond donors (Lipinski definition) is 2. The van der Waals surface area contributed by atoms with E-state index in [0.717, 1.165) is 0 Å². The van der Waals surface area contributed by atoms with Crippen LogP contribution in [-0.2, 0) is 0 Å². The summed E-state index contributed by atoms with van der Waals surface area (Å²) in [6.07, 6.45) is 2.70. The zero-order valence-corrected chi connectivity index (χ0v) is 3.30. The van der Waals surface area contributed by atoms with Gasteiger partial charge < -0.3 is 0 Å². The number of rotatable bonds is 0. The largest absolute Gasteiger partial charge is 0.393 e. The maximum Gasteiger partial charge on any atom is 0.393 e. The SMILES string of the molecule is [C+]1=CSNN1. The second-order valence-corrected chi connectivity index (χ2v) is 1.28. The molecule has 0 amide bonds. The second-order valence-electron chi connectivity index (χ2n) is 0.607. The summed E-state index contributed by atoms with van der Waals surface area (Å²) in [6.45, 7) is 0. The zero-order chi connectivity index (χ0) is 3.54. The van der Waals surface area contributed by atoms with E-state index in [-0.39, 0.29) is 0 Å². The first-order chi connectivity index (χ1) is 2.50. The zero-order valence-electron chi connectivity index (χ0n) is 2.49. The summed E-state index contributed by atoms with van der Waals surface area (Å²) in [6, 6.07) is 0. The Morgan fingerprint density at radius 1 is 1.80 bits per heavy atom. The highest BCUT2D eigenvalue weighted by molar-refractivity contribution is 8.00. The number of hydrogen-bond acceptors (Lipinski definition) is 3. The second kappa shape index (κ2) is 1.26. The van der Waals surface area contributed by atoms with Crippen LogP contribution in [0.4, 0.5) is 0 Å². The van der Waals surface area contributed by atoms with Crippen LogP contribution in [0.5, 0.6) is 0 Å². The summed E-state index contributed by atoms with van der Waals surface area (Å²) in [5.41, 5.74) is 2.63. The molecular weight excluding hydrogens is 84.1 g/mol. The standard InChI is InChI=1S/C2H3N2S/c1-2-5-4-3-1/h2-4H/q+1.